The third-order valence-corrected chi connectivity index (χ3v) is 1.23. The number of carbonyl (C=O) groups is 2. The molecule has 0 spiro atoms. The lowest BCUT2D eigenvalue weighted by atomic mass is 10.3. The van der Waals surface area contributed by atoms with Gasteiger partial charge in [-0.2, -0.15) is 0 Å². The van der Waals surface area contributed by atoms with Crippen molar-refractivity contribution in [1.29, 1.82) is 0 Å². The molecule has 0 fully saturated rings. The molecular weight excluding hydrogens is 144 g/mol. The lowest BCUT2D eigenvalue weighted by Crippen LogP contribution is -1.78. The molecule has 1 aliphatic carbocycles. The van der Waals surface area contributed by atoms with Crippen LogP contribution in [0.1, 0.15) is 26.2 Å². The summed E-state index contributed by atoms with van der Waals surface area (Å²) in [5, 5.41) is 7.42. The van der Waals surface area contributed by atoms with E-state index in [1.807, 2.05) is 6.08 Å². The molecule has 3 heteroatoms. The fraction of sp³-hybridized carbons (Fsp3) is 0.500. The van der Waals surface area contributed by atoms with Gasteiger partial charge in [-0.1, -0.05) is 6.08 Å². The van der Waals surface area contributed by atoms with Gasteiger partial charge < -0.3 is 5.11 Å². The number of carboxylic acid groups (broad SMARTS) is 1. The normalized spacial score (nSPS) is 14.5. The van der Waals surface area contributed by atoms with E-state index < -0.39 is 5.97 Å². The van der Waals surface area contributed by atoms with Gasteiger partial charge in [-0.15, -0.1) is 0 Å². The van der Waals surface area contributed by atoms with E-state index in [2.05, 4.69) is 0 Å². The number of hydrogen-bond donors (Lipinski definition) is 1. The maximum absolute atomic E-state index is 9.94. The van der Waals surface area contributed by atoms with E-state index in [-0.39, 0.29) is 0 Å². The van der Waals surface area contributed by atoms with Crippen LogP contribution in [0.5, 0.6) is 0 Å². The van der Waals surface area contributed by atoms with Gasteiger partial charge >= 0.3 is 0 Å². The van der Waals surface area contributed by atoms with E-state index in [4.69, 9.17) is 9.90 Å². The van der Waals surface area contributed by atoms with Crippen LogP contribution in [0.4, 0.5) is 0 Å². The van der Waals surface area contributed by atoms with Crippen molar-refractivity contribution in [3.8, 4) is 0 Å². The molecule has 0 aromatic carbocycles. The molecule has 0 bridgehead atoms. The predicted molar refractivity (Wildman–Crippen MR) is 41.3 cm³/mol. The molecule has 11 heavy (non-hydrogen) atoms. The zero-order valence-electron chi connectivity index (χ0n) is 6.54. The van der Waals surface area contributed by atoms with Gasteiger partial charge in [-0.05, 0) is 24.8 Å². The highest BCUT2D eigenvalue weighted by atomic mass is 16.4. The Kier molecular flexibility index (Phi) is 5.07. The van der Waals surface area contributed by atoms with Gasteiger partial charge in [-0.3, -0.25) is 9.59 Å². The van der Waals surface area contributed by atoms with Crippen LogP contribution in [0.25, 0.3) is 0 Å². The minimum Gasteiger partial charge on any atom is -0.481 e. The van der Waals surface area contributed by atoms with Gasteiger partial charge in [-0.25, -0.2) is 0 Å². The first kappa shape index (κ1) is 9.88. The van der Waals surface area contributed by atoms with Crippen LogP contribution in [0, 0.1) is 0 Å². The molecule has 0 heterocycles. The van der Waals surface area contributed by atoms with Crippen molar-refractivity contribution in [3.05, 3.63) is 11.6 Å². The third-order valence-electron chi connectivity index (χ3n) is 1.23. The number of allylic oxidation sites excluding steroid dienone is 2. The van der Waals surface area contributed by atoms with E-state index in [1.54, 1.807) is 0 Å². The Hall–Kier alpha value is -1.12. The summed E-state index contributed by atoms with van der Waals surface area (Å²) < 4.78 is 0. The Morgan fingerprint density at radius 1 is 1.73 bits per heavy atom. The van der Waals surface area contributed by atoms with Crippen molar-refractivity contribution < 1.29 is 14.7 Å². The van der Waals surface area contributed by atoms with Gasteiger partial charge in [0.25, 0.3) is 5.97 Å². The summed E-state index contributed by atoms with van der Waals surface area (Å²) in [6.07, 6.45) is 6.24. The van der Waals surface area contributed by atoms with Crippen molar-refractivity contribution in [3.63, 3.8) is 0 Å². The zero-order valence-corrected chi connectivity index (χ0v) is 6.54. The summed E-state index contributed by atoms with van der Waals surface area (Å²) in [7, 11) is 0. The molecule has 0 aliphatic heterocycles. The summed E-state index contributed by atoms with van der Waals surface area (Å²) in [6.45, 7) is 1.08. The maximum atomic E-state index is 9.94. The molecule has 3 nitrogen and oxygen atoms in total. The van der Waals surface area contributed by atoms with Crippen LogP contribution in [-0.4, -0.2) is 17.4 Å². The van der Waals surface area contributed by atoms with Gasteiger partial charge in [0.2, 0.25) is 0 Å². The number of aldehydes is 1. The molecule has 1 aliphatic rings. The highest BCUT2D eigenvalue weighted by Gasteiger charge is 1.99. The largest absolute Gasteiger partial charge is 0.481 e. The van der Waals surface area contributed by atoms with E-state index in [9.17, 15) is 4.79 Å². The molecule has 0 saturated heterocycles. The standard InChI is InChI=1S/C6H8O.C2H4O2/c7-5-6-3-1-2-4-6;1-2(3)4/h3,5H,1-2,4H2;1H3,(H,3,4). The van der Waals surface area contributed by atoms with E-state index >= 15 is 0 Å². The molecule has 0 atom stereocenters. The van der Waals surface area contributed by atoms with Gasteiger partial charge in [0.1, 0.15) is 6.29 Å². The molecule has 62 valence electrons. The Labute approximate surface area is 65.7 Å². The second-order valence-electron chi connectivity index (χ2n) is 2.31. The Balaban J connectivity index is 0.000000218. The third kappa shape index (κ3) is 6.77. The molecule has 0 amide bonds. The summed E-state index contributed by atoms with van der Waals surface area (Å²) in [4.78, 5) is 18.9. The van der Waals surface area contributed by atoms with Gasteiger partial charge in [0.15, 0.2) is 0 Å². The minimum atomic E-state index is -0.833. The van der Waals surface area contributed by atoms with E-state index in [0.717, 1.165) is 31.6 Å². The fourth-order valence-corrected chi connectivity index (χ4v) is 0.803. The first-order valence-corrected chi connectivity index (χ1v) is 3.50. The molecule has 0 radical (unpaired) electrons. The van der Waals surface area contributed by atoms with Gasteiger partial charge in [0, 0.05) is 6.92 Å². The Morgan fingerprint density at radius 3 is 2.45 bits per heavy atom. The molecular formula is C8H12O3. The highest BCUT2D eigenvalue weighted by Crippen LogP contribution is 2.14. The fourth-order valence-electron chi connectivity index (χ4n) is 0.803. The van der Waals surface area contributed by atoms with E-state index in [0.29, 0.717) is 0 Å². The number of hydrogen-bond acceptors (Lipinski definition) is 2. The summed E-state index contributed by atoms with van der Waals surface area (Å²) in [6, 6.07) is 0. The topological polar surface area (TPSA) is 54.4 Å². The highest BCUT2D eigenvalue weighted by molar-refractivity contribution is 5.73. The van der Waals surface area contributed by atoms with Crippen LogP contribution in [-0.2, 0) is 9.59 Å². The summed E-state index contributed by atoms with van der Waals surface area (Å²) >= 11 is 0. The Bertz CT molecular complexity index is 166. The lowest BCUT2D eigenvalue weighted by Gasteiger charge is -1.79. The number of carbonyl (C=O) groups excluding carboxylic acids is 1. The van der Waals surface area contributed by atoms with Crippen LogP contribution >= 0.6 is 0 Å². The number of aliphatic carboxylic acids is 1. The average Bonchev–Trinajstić information content (AvgIpc) is 2.36. The SMILES string of the molecule is CC(=O)O.O=CC1=CCCC1. The monoisotopic (exact) mass is 156 g/mol. The average molecular weight is 156 g/mol. The van der Waals surface area contributed by atoms with Crippen molar-refractivity contribution in [2.24, 2.45) is 0 Å². The number of carboxylic acids is 1. The molecule has 0 aromatic heterocycles. The van der Waals surface area contributed by atoms with Gasteiger partial charge in [0.05, 0.1) is 0 Å². The number of rotatable bonds is 1. The van der Waals surface area contributed by atoms with Crippen molar-refractivity contribution in [2.45, 2.75) is 26.2 Å². The summed E-state index contributed by atoms with van der Waals surface area (Å²) in [5.41, 5.74) is 0.986. The first-order valence-electron chi connectivity index (χ1n) is 3.50. The van der Waals surface area contributed by atoms with Crippen LogP contribution in [0.3, 0.4) is 0 Å². The van der Waals surface area contributed by atoms with Crippen LogP contribution in [0.15, 0.2) is 11.6 Å². The lowest BCUT2D eigenvalue weighted by molar-refractivity contribution is -0.134. The second-order valence-corrected chi connectivity index (χ2v) is 2.31. The quantitative estimate of drug-likeness (QED) is 0.583. The maximum Gasteiger partial charge on any atom is 0.300 e. The van der Waals surface area contributed by atoms with Crippen molar-refractivity contribution >= 4 is 12.3 Å². The molecule has 1 N–H and O–H groups in total. The Morgan fingerprint density at radius 2 is 2.27 bits per heavy atom. The minimum absolute atomic E-state index is 0.833. The summed E-state index contributed by atoms with van der Waals surface area (Å²) in [5.74, 6) is -0.833. The van der Waals surface area contributed by atoms with Crippen LogP contribution < -0.4 is 0 Å². The van der Waals surface area contributed by atoms with Crippen LogP contribution in [0.2, 0.25) is 0 Å². The predicted octanol–water partition coefficient (Wildman–Crippen LogP) is 1.39. The smallest absolute Gasteiger partial charge is 0.300 e. The molecule has 0 aromatic rings. The first-order chi connectivity index (χ1) is 5.16. The molecule has 0 unspecified atom stereocenters. The van der Waals surface area contributed by atoms with E-state index in [1.165, 1.54) is 6.42 Å². The van der Waals surface area contributed by atoms with Crippen molar-refractivity contribution in [2.75, 3.05) is 0 Å². The van der Waals surface area contributed by atoms with Crippen molar-refractivity contribution in [1.82, 2.24) is 0 Å². The second kappa shape index (κ2) is 5.65. The molecule has 1 rings (SSSR count). The zero-order chi connectivity index (χ0) is 8.69. The molecule has 0 saturated carbocycles.